The first-order valence-electron chi connectivity index (χ1n) is 10.5. The molecule has 1 aromatic carbocycles. The largest absolute Gasteiger partial charge is 0.465 e. The van der Waals surface area contributed by atoms with Gasteiger partial charge in [-0.25, -0.2) is 8.42 Å². The van der Waals surface area contributed by atoms with Crippen molar-refractivity contribution in [1.82, 2.24) is 9.62 Å². The average Bonchev–Trinajstić information content (AvgIpc) is 3.35. The van der Waals surface area contributed by atoms with Crippen LogP contribution in [0.5, 0.6) is 0 Å². The summed E-state index contributed by atoms with van der Waals surface area (Å²) in [5.74, 6) is 0.816. The molecule has 2 amide bonds. The quantitative estimate of drug-likeness (QED) is 0.762. The van der Waals surface area contributed by atoms with Crippen LogP contribution in [0.2, 0.25) is 0 Å². The van der Waals surface area contributed by atoms with Crippen LogP contribution in [0.4, 0.5) is 5.69 Å². The van der Waals surface area contributed by atoms with Gasteiger partial charge in [-0.2, -0.15) is 4.31 Å². The van der Waals surface area contributed by atoms with Crippen LogP contribution in [0.1, 0.15) is 43.3 Å². The zero-order valence-corrected chi connectivity index (χ0v) is 18.6. The van der Waals surface area contributed by atoms with E-state index in [-0.39, 0.29) is 29.7 Å². The zero-order chi connectivity index (χ0) is 22.2. The molecule has 1 N–H and O–H groups in total. The van der Waals surface area contributed by atoms with E-state index in [2.05, 4.69) is 5.32 Å². The lowest BCUT2D eigenvalue weighted by molar-refractivity contribution is -0.125. The number of furan rings is 1. The van der Waals surface area contributed by atoms with E-state index in [1.165, 1.54) is 22.2 Å². The number of hydrogen-bond acceptors (Lipinski definition) is 5. The van der Waals surface area contributed by atoms with E-state index in [1.807, 2.05) is 13.0 Å². The fourth-order valence-electron chi connectivity index (χ4n) is 4.31. The first kappa shape index (κ1) is 21.6. The molecular formula is C22H27N3O5S. The Balaban J connectivity index is 1.55. The van der Waals surface area contributed by atoms with Gasteiger partial charge in [0, 0.05) is 32.1 Å². The summed E-state index contributed by atoms with van der Waals surface area (Å²) >= 11 is 0. The normalized spacial score (nSPS) is 19.3. The molecule has 31 heavy (non-hydrogen) atoms. The molecule has 166 valence electrons. The van der Waals surface area contributed by atoms with Crippen LogP contribution in [0, 0.1) is 6.92 Å². The van der Waals surface area contributed by atoms with Gasteiger partial charge < -0.3 is 9.73 Å². The monoisotopic (exact) mass is 445 g/mol. The van der Waals surface area contributed by atoms with E-state index < -0.39 is 16.1 Å². The molecular weight excluding hydrogens is 418 g/mol. The molecule has 1 aromatic heterocycles. The van der Waals surface area contributed by atoms with E-state index in [1.54, 1.807) is 18.2 Å². The summed E-state index contributed by atoms with van der Waals surface area (Å²) in [6, 6.07) is 7.66. The van der Waals surface area contributed by atoms with Gasteiger partial charge in [0.25, 0.3) is 0 Å². The van der Waals surface area contributed by atoms with Crippen LogP contribution in [0.3, 0.4) is 0 Å². The number of sulfonamides is 1. The Kier molecular flexibility index (Phi) is 5.90. The Labute approximate surface area is 182 Å². The highest BCUT2D eigenvalue weighted by atomic mass is 32.2. The molecule has 1 atom stereocenters. The zero-order valence-electron chi connectivity index (χ0n) is 17.8. The molecule has 2 aromatic rings. The minimum atomic E-state index is -3.59. The number of carbonyl (C=O) groups is 2. The Morgan fingerprint density at radius 1 is 1.13 bits per heavy atom. The van der Waals surface area contributed by atoms with Gasteiger partial charge in [-0.1, -0.05) is 6.42 Å². The minimum absolute atomic E-state index is 0.212. The lowest BCUT2D eigenvalue weighted by Crippen LogP contribution is -2.47. The number of nitrogens with one attached hydrogen (secondary N) is 1. The maximum atomic E-state index is 13.0. The molecule has 1 saturated heterocycles. The number of anilines is 1. The average molecular weight is 446 g/mol. The second kappa shape index (κ2) is 8.47. The van der Waals surface area contributed by atoms with E-state index in [4.69, 9.17) is 4.42 Å². The third-order valence-electron chi connectivity index (χ3n) is 5.86. The van der Waals surface area contributed by atoms with Crippen LogP contribution < -0.4 is 10.2 Å². The first-order chi connectivity index (χ1) is 14.8. The second-order valence-corrected chi connectivity index (χ2v) is 10.0. The van der Waals surface area contributed by atoms with Gasteiger partial charge in [-0.3, -0.25) is 14.5 Å². The smallest absolute Gasteiger partial charge is 0.243 e. The number of aryl methyl sites for hydroxylation is 1. The molecule has 0 saturated carbocycles. The summed E-state index contributed by atoms with van der Waals surface area (Å²) in [7, 11) is -3.59. The molecule has 0 spiro atoms. The second-order valence-electron chi connectivity index (χ2n) is 8.09. The maximum Gasteiger partial charge on any atom is 0.243 e. The molecule has 1 fully saturated rings. The van der Waals surface area contributed by atoms with Crippen molar-refractivity contribution in [3.05, 3.63) is 47.4 Å². The standard InChI is InChI=1S/C22H27N3O5S/c1-15-6-7-18(30-15)14-23-22(27)21-13-17-12-19(8-9-20(17)25(21)16(2)26)31(28,29)24-10-4-3-5-11-24/h6-9,12,21H,3-5,10-11,13-14H2,1-2H3,(H,23,27)/t21-/m0/s1. The predicted molar refractivity (Wildman–Crippen MR) is 115 cm³/mol. The number of benzene rings is 1. The maximum absolute atomic E-state index is 13.0. The Bertz CT molecular complexity index is 1100. The summed E-state index contributed by atoms with van der Waals surface area (Å²) in [6.07, 6.45) is 3.03. The van der Waals surface area contributed by atoms with E-state index in [0.29, 0.717) is 30.1 Å². The van der Waals surface area contributed by atoms with Crippen molar-refractivity contribution in [3.8, 4) is 0 Å². The van der Waals surface area contributed by atoms with Gasteiger partial charge in [0.05, 0.1) is 11.4 Å². The van der Waals surface area contributed by atoms with Crippen LogP contribution in [-0.2, 0) is 32.6 Å². The summed E-state index contributed by atoms with van der Waals surface area (Å²) in [4.78, 5) is 26.8. The lowest BCUT2D eigenvalue weighted by atomic mass is 10.1. The number of fused-ring (bicyclic) bond motifs is 1. The molecule has 0 radical (unpaired) electrons. The van der Waals surface area contributed by atoms with Gasteiger partial charge in [-0.05, 0) is 55.7 Å². The molecule has 0 bridgehead atoms. The van der Waals surface area contributed by atoms with Gasteiger partial charge >= 0.3 is 0 Å². The molecule has 4 rings (SSSR count). The summed E-state index contributed by atoms with van der Waals surface area (Å²) in [6.45, 7) is 4.50. The van der Waals surface area contributed by atoms with Crippen LogP contribution in [0.15, 0.2) is 39.6 Å². The van der Waals surface area contributed by atoms with Crippen LogP contribution >= 0.6 is 0 Å². The number of hydrogen-bond donors (Lipinski definition) is 1. The molecule has 2 aliphatic rings. The predicted octanol–water partition coefficient (Wildman–Crippen LogP) is 2.36. The van der Waals surface area contributed by atoms with Gasteiger partial charge in [-0.15, -0.1) is 0 Å². The SMILES string of the molecule is CC(=O)N1c2ccc(S(=O)(=O)N3CCCCC3)cc2C[C@H]1C(=O)NCc1ccc(C)o1. The van der Waals surface area contributed by atoms with Gasteiger partial charge in [0.2, 0.25) is 21.8 Å². The van der Waals surface area contributed by atoms with E-state index in [0.717, 1.165) is 25.0 Å². The number of carbonyl (C=O) groups excluding carboxylic acids is 2. The van der Waals surface area contributed by atoms with Crippen molar-refractivity contribution >= 4 is 27.5 Å². The van der Waals surface area contributed by atoms with Crippen molar-refractivity contribution in [2.75, 3.05) is 18.0 Å². The van der Waals surface area contributed by atoms with Crippen LogP contribution in [0.25, 0.3) is 0 Å². The molecule has 3 heterocycles. The highest BCUT2D eigenvalue weighted by molar-refractivity contribution is 7.89. The van der Waals surface area contributed by atoms with Crippen LogP contribution in [-0.4, -0.2) is 43.7 Å². The molecule has 8 nitrogen and oxygen atoms in total. The number of rotatable bonds is 5. The van der Waals surface area contributed by atoms with E-state index in [9.17, 15) is 18.0 Å². The third kappa shape index (κ3) is 4.24. The van der Waals surface area contributed by atoms with Crippen molar-refractivity contribution in [3.63, 3.8) is 0 Å². The topological polar surface area (TPSA) is 99.9 Å². The molecule has 0 unspecified atom stereocenters. The van der Waals surface area contributed by atoms with Gasteiger partial charge in [0.15, 0.2) is 0 Å². The number of piperidine rings is 1. The van der Waals surface area contributed by atoms with E-state index >= 15 is 0 Å². The third-order valence-corrected chi connectivity index (χ3v) is 7.76. The van der Waals surface area contributed by atoms with Crippen molar-refractivity contribution in [2.24, 2.45) is 0 Å². The van der Waals surface area contributed by atoms with Gasteiger partial charge in [0.1, 0.15) is 17.6 Å². The summed E-state index contributed by atoms with van der Waals surface area (Å²) < 4.78 is 33.1. The molecule has 2 aliphatic heterocycles. The van der Waals surface area contributed by atoms with Crippen molar-refractivity contribution < 1.29 is 22.4 Å². The summed E-state index contributed by atoms with van der Waals surface area (Å²) in [5.41, 5.74) is 1.27. The summed E-state index contributed by atoms with van der Waals surface area (Å²) in [5, 5.41) is 2.82. The Morgan fingerprint density at radius 2 is 1.87 bits per heavy atom. The molecule has 0 aliphatic carbocycles. The number of amides is 2. The van der Waals surface area contributed by atoms with Crippen molar-refractivity contribution in [2.45, 2.75) is 57.0 Å². The van der Waals surface area contributed by atoms with Crippen molar-refractivity contribution in [1.29, 1.82) is 0 Å². The number of nitrogens with zero attached hydrogens (tertiary/aromatic N) is 2. The Hall–Kier alpha value is -2.65. The Morgan fingerprint density at radius 3 is 2.52 bits per heavy atom. The highest BCUT2D eigenvalue weighted by Gasteiger charge is 2.38. The first-order valence-corrected chi connectivity index (χ1v) is 12.0. The minimum Gasteiger partial charge on any atom is -0.465 e. The lowest BCUT2D eigenvalue weighted by Gasteiger charge is -2.26. The molecule has 9 heteroatoms. The fraction of sp³-hybridized carbons (Fsp3) is 0.455. The highest BCUT2D eigenvalue weighted by Crippen LogP contribution is 2.35. The fourth-order valence-corrected chi connectivity index (χ4v) is 5.88.